The van der Waals surface area contributed by atoms with Crippen LogP contribution in [0.2, 0.25) is 0 Å². The fraction of sp³-hybridized carbons (Fsp3) is 0.667. The normalized spacial score (nSPS) is 28.4. The molecular formula is C15H24N4. The van der Waals surface area contributed by atoms with Crippen molar-refractivity contribution >= 4 is 5.69 Å². The van der Waals surface area contributed by atoms with Gasteiger partial charge in [0, 0.05) is 43.8 Å². The summed E-state index contributed by atoms with van der Waals surface area (Å²) in [5.41, 5.74) is 2.71. The van der Waals surface area contributed by atoms with Gasteiger partial charge in [0.1, 0.15) is 0 Å². The van der Waals surface area contributed by atoms with E-state index >= 15 is 0 Å². The van der Waals surface area contributed by atoms with Crippen LogP contribution in [0.5, 0.6) is 0 Å². The summed E-state index contributed by atoms with van der Waals surface area (Å²) >= 11 is 0. The molecule has 104 valence electrons. The van der Waals surface area contributed by atoms with Crippen molar-refractivity contribution in [3.63, 3.8) is 0 Å². The van der Waals surface area contributed by atoms with E-state index in [-0.39, 0.29) is 5.41 Å². The quantitative estimate of drug-likeness (QED) is 0.836. The molecule has 2 aliphatic heterocycles. The highest BCUT2D eigenvalue weighted by Crippen LogP contribution is 2.30. The van der Waals surface area contributed by atoms with E-state index in [1.54, 1.807) is 0 Å². The van der Waals surface area contributed by atoms with E-state index in [2.05, 4.69) is 40.8 Å². The Morgan fingerprint density at radius 1 is 1.16 bits per heavy atom. The van der Waals surface area contributed by atoms with Crippen molar-refractivity contribution in [2.24, 2.45) is 0 Å². The number of pyridine rings is 1. The van der Waals surface area contributed by atoms with Crippen molar-refractivity contribution in [1.29, 1.82) is 0 Å². The third kappa shape index (κ3) is 2.74. The largest absolute Gasteiger partial charge is 0.368 e. The van der Waals surface area contributed by atoms with Gasteiger partial charge in [0.05, 0.1) is 11.9 Å². The van der Waals surface area contributed by atoms with Gasteiger partial charge in [-0.1, -0.05) is 6.92 Å². The summed E-state index contributed by atoms with van der Waals surface area (Å²) in [6, 6.07) is 4.47. The zero-order chi connectivity index (χ0) is 13.1. The molecule has 0 saturated carbocycles. The van der Waals surface area contributed by atoms with Crippen LogP contribution in [0.4, 0.5) is 5.69 Å². The predicted octanol–water partition coefficient (Wildman–Crippen LogP) is 1.13. The van der Waals surface area contributed by atoms with Gasteiger partial charge in [0.15, 0.2) is 0 Å². The van der Waals surface area contributed by atoms with Gasteiger partial charge in [-0.15, -0.1) is 0 Å². The highest BCUT2D eigenvalue weighted by Gasteiger charge is 2.30. The molecule has 1 unspecified atom stereocenters. The number of hydrogen-bond donors (Lipinski definition) is 2. The number of hydrogen-bond acceptors (Lipinski definition) is 4. The fourth-order valence-corrected chi connectivity index (χ4v) is 3.13. The van der Waals surface area contributed by atoms with E-state index in [4.69, 9.17) is 4.98 Å². The molecule has 1 aromatic heterocycles. The van der Waals surface area contributed by atoms with Crippen molar-refractivity contribution in [2.45, 2.75) is 25.2 Å². The summed E-state index contributed by atoms with van der Waals surface area (Å²) in [4.78, 5) is 7.16. The molecule has 0 aliphatic carbocycles. The maximum absolute atomic E-state index is 4.75. The van der Waals surface area contributed by atoms with E-state index in [9.17, 15) is 0 Å². The van der Waals surface area contributed by atoms with E-state index in [1.807, 2.05) is 0 Å². The Hall–Kier alpha value is -1.13. The Morgan fingerprint density at radius 2 is 2.00 bits per heavy atom. The van der Waals surface area contributed by atoms with Crippen molar-refractivity contribution < 1.29 is 0 Å². The summed E-state index contributed by atoms with van der Waals surface area (Å²) in [6.07, 6.45) is 4.54. The molecule has 2 fully saturated rings. The first kappa shape index (κ1) is 12.9. The molecule has 0 aromatic carbocycles. The van der Waals surface area contributed by atoms with Crippen LogP contribution in [0, 0.1) is 0 Å². The first-order valence-electron chi connectivity index (χ1n) is 7.41. The SMILES string of the molecule is CC1(c2ccc(N3CCNCC3)cn2)CCCNC1. The van der Waals surface area contributed by atoms with Crippen molar-refractivity contribution in [3.8, 4) is 0 Å². The number of piperazine rings is 1. The summed E-state index contributed by atoms with van der Waals surface area (Å²) in [5, 5.41) is 6.88. The monoisotopic (exact) mass is 260 g/mol. The lowest BCUT2D eigenvalue weighted by Gasteiger charge is -2.34. The lowest BCUT2D eigenvalue weighted by atomic mass is 9.79. The number of nitrogens with one attached hydrogen (secondary N) is 2. The topological polar surface area (TPSA) is 40.2 Å². The molecule has 1 atom stereocenters. The molecule has 0 amide bonds. The molecule has 2 saturated heterocycles. The Morgan fingerprint density at radius 3 is 2.63 bits per heavy atom. The molecule has 4 nitrogen and oxygen atoms in total. The second kappa shape index (κ2) is 5.47. The van der Waals surface area contributed by atoms with E-state index < -0.39 is 0 Å². The minimum Gasteiger partial charge on any atom is -0.368 e. The van der Waals surface area contributed by atoms with Crippen LogP contribution >= 0.6 is 0 Å². The first-order chi connectivity index (χ1) is 9.28. The average Bonchev–Trinajstić information content (AvgIpc) is 2.49. The molecule has 2 aliphatic rings. The highest BCUT2D eigenvalue weighted by molar-refractivity contribution is 5.45. The second-order valence-electron chi connectivity index (χ2n) is 5.98. The average molecular weight is 260 g/mol. The van der Waals surface area contributed by atoms with Gasteiger partial charge in [-0.05, 0) is 31.5 Å². The van der Waals surface area contributed by atoms with Crippen LogP contribution in [-0.4, -0.2) is 44.3 Å². The smallest absolute Gasteiger partial charge is 0.0553 e. The summed E-state index contributed by atoms with van der Waals surface area (Å²) in [5.74, 6) is 0. The fourth-order valence-electron chi connectivity index (χ4n) is 3.13. The molecule has 1 aromatic rings. The number of anilines is 1. The number of rotatable bonds is 2. The van der Waals surface area contributed by atoms with E-state index in [0.29, 0.717) is 0 Å². The van der Waals surface area contributed by atoms with Gasteiger partial charge in [-0.2, -0.15) is 0 Å². The molecule has 0 bridgehead atoms. The Bertz CT molecular complexity index is 403. The zero-order valence-electron chi connectivity index (χ0n) is 11.8. The van der Waals surface area contributed by atoms with Crippen molar-refractivity contribution in [2.75, 3.05) is 44.2 Å². The van der Waals surface area contributed by atoms with Gasteiger partial charge in [-0.3, -0.25) is 4.98 Å². The van der Waals surface area contributed by atoms with Gasteiger partial charge >= 0.3 is 0 Å². The second-order valence-corrected chi connectivity index (χ2v) is 5.98. The number of nitrogens with zero attached hydrogens (tertiary/aromatic N) is 2. The van der Waals surface area contributed by atoms with Crippen LogP contribution in [-0.2, 0) is 5.41 Å². The standard InChI is InChI=1S/C15H24N4/c1-15(5-2-6-17-12-15)14-4-3-13(11-18-14)19-9-7-16-8-10-19/h3-4,11,16-17H,2,5-10,12H2,1H3. The molecule has 4 heteroatoms. The predicted molar refractivity (Wildman–Crippen MR) is 78.8 cm³/mol. The van der Waals surface area contributed by atoms with E-state index in [0.717, 1.165) is 39.3 Å². The lowest BCUT2D eigenvalue weighted by Crippen LogP contribution is -2.44. The molecule has 0 radical (unpaired) electrons. The number of piperidine rings is 1. The molecule has 3 rings (SSSR count). The van der Waals surface area contributed by atoms with Gasteiger partial charge in [-0.25, -0.2) is 0 Å². The molecule has 19 heavy (non-hydrogen) atoms. The Labute approximate surface area is 115 Å². The third-order valence-corrected chi connectivity index (χ3v) is 4.45. The molecule has 0 spiro atoms. The van der Waals surface area contributed by atoms with Crippen LogP contribution in [0.15, 0.2) is 18.3 Å². The van der Waals surface area contributed by atoms with Crippen LogP contribution in [0.25, 0.3) is 0 Å². The maximum Gasteiger partial charge on any atom is 0.0553 e. The summed E-state index contributed by atoms with van der Waals surface area (Å²) in [7, 11) is 0. The Kier molecular flexibility index (Phi) is 3.71. The van der Waals surface area contributed by atoms with Crippen molar-refractivity contribution in [3.05, 3.63) is 24.0 Å². The summed E-state index contributed by atoms with van der Waals surface area (Å²) in [6.45, 7) is 8.83. The maximum atomic E-state index is 4.75. The minimum atomic E-state index is 0.209. The Balaban J connectivity index is 1.74. The lowest BCUT2D eigenvalue weighted by molar-refractivity contribution is 0.332. The minimum absolute atomic E-state index is 0.209. The van der Waals surface area contributed by atoms with E-state index in [1.165, 1.54) is 24.2 Å². The van der Waals surface area contributed by atoms with Gasteiger partial charge in [0.25, 0.3) is 0 Å². The molecule has 2 N–H and O–H groups in total. The molecular weight excluding hydrogens is 236 g/mol. The zero-order valence-corrected chi connectivity index (χ0v) is 11.8. The van der Waals surface area contributed by atoms with Gasteiger partial charge in [0.2, 0.25) is 0 Å². The summed E-state index contributed by atoms with van der Waals surface area (Å²) < 4.78 is 0. The molecule has 3 heterocycles. The van der Waals surface area contributed by atoms with Crippen LogP contribution in [0.3, 0.4) is 0 Å². The number of aromatic nitrogens is 1. The van der Waals surface area contributed by atoms with Gasteiger partial charge < -0.3 is 15.5 Å². The third-order valence-electron chi connectivity index (χ3n) is 4.45. The van der Waals surface area contributed by atoms with Crippen LogP contribution in [0.1, 0.15) is 25.5 Å². The highest BCUT2D eigenvalue weighted by atomic mass is 15.2. The first-order valence-corrected chi connectivity index (χ1v) is 7.41. The van der Waals surface area contributed by atoms with Crippen molar-refractivity contribution in [1.82, 2.24) is 15.6 Å². The van der Waals surface area contributed by atoms with Crippen LogP contribution < -0.4 is 15.5 Å².